The van der Waals surface area contributed by atoms with Gasteiger partial charge in [0.15, 0.2) is 12.0 Å². The number of aromatic nitrogens is 2. The zero-order chi connectivity index (χ0) is 24.6. The highest BCUT2D eigenvalue weighted by Gasteiger charge is 2.21. The van der Waals surface area contributed by atoms with Crippen LogP contribution in [0.5, 0.6) is 0 Å². The number of aromatic amines is 1. The molecule has 11 heteroatoms. The summed E-state index contributed by atoms with van der Waals surface area (Å²) in [5.41, 5.74) is 3.45. The molecule has 35 heavy (non-hydrogen) atoms. The molecule has 2 heterocycles. The summed E-state index contributed by atoms with van der Waals surface area (Å²) in [6.45, 7) is 1.28. The summed E-state index contributed by atoms with van der Waals surface area (Å²) in [5.74, 6) is 1.20. The topological polar surface area (TPSA) is 120 Å². The van der Waals surface area contributed by atoms with Crippen LogP contribution in [-0.4, -0.2) is 35.1 Å². The van der Waals surface area contributed by atoms with Crippen LogP contribution in [0.3, 0.4) is 0 Å². The number of carbonyl (C=O) groups is 1. The molecule has 0 saturated carbocycles. The van der Waals surface area contributed by atoms with Gasteiger partial charge < -0.3 is 15.5 Å². The molecule has 4 rings (SSSR count). The van der Waals surface area contributed by atoms with Crippen molar-refractivity contribution in [2.24, 2.45) is 4.99 Å². The minimum absolute atomic E-state index is 0.00372. The van der Waals surface area contributed by atoms with Gasteiger partial charge in [-0.25, -0.2) is 10.1 Å². The van der Waals surface area contributed by atoms with Crippen LogP contribution >= 0.6 is 23.2 Å². The van der Waals surface area contributed by atoms with E-state index >= 15 is 0 Å². The maximum Gasteiger partial charge on any atom is 0.272 e. The minimum atomic E-state index is -0.368. The number of nitrogens with one attached hydrogen (secondary N) is 4. The third-order valence-corrected chi connectivity index (χ3v) is 5.91. The van der Waals surface area contributed by atoms with E-state index in [1.54, 1.807) is 24.3 Å². The molecule has 1 atom stereocenters. The van der Waals surface area contributed by atoms with Crippen LogP contribution in [0.2, 0.25) is 10.0 Å². The fourth-order valence-corrected chi connectivity index (χ4v) is 4.28. The molecule has 0 radical (unpaired) electrons. The Morgan fingerprint density at radius 2 is 1.77 bits per heavy atom. The lowest BCUT2D eigenvalue weighted by atomic mass is 10.2. The lowest BCUT2D eigenvalue weighted by Gasteiger charge is -2.08. The van der Waals surface area contributed by atoms with Crippen molar-refractivity contribution in [3.63, 3.8) is 0 Å². The van der Waals surface area contributed by atoms with E-state index in [1.807, 2.05) is 18.2 Å². The molecule has 2 aromatic carbocycles. The first kappa shape index (κ1) is 25.0. The Kier molecular flexibility index (Phi) is 8.57. The van der Waals surface area contributed by atoms with Crippen molar-refractivity contribution in [1.29, 1.82) is 0 Å². The number of amides is 1. The number of halogens is 2. The normalized spacial score (nSPS) is 15.0. The first-order valence-electron chi connectivity index (χ1n) is 11.4. The maximum atomic E-state index is 12.1. The number of benzene rings is 2. The van der Waals surface area contributed by atoms with Gasteiger partial charge in [0.1, 0.15) is 0 Å². The molecule has 1 aromatic heterocycles. The molecule has 0 spiro atoms. The van der Waals surface area contributed by atoms with Crippen molar-refractivity contribution < 1.29 is 9.63 Å². The van der Waals surface area contributed by atoms with Gasteiger partial charge in [0.25, 0.3) is 5.56 Å². The number of hydrogen-bond donors (Lipinski definition) is 4. The van der Waals surface area contributed by atoms with Crippen molar-refractivity contribution in [2.45, 2.75) is 38.3 Å². The number of H-pyrrole nitrogens is 1. The van der Waals surface area contributed by atoms with Crippen LogP contribution in [0.1, 0.15) is 43.8 Å². The average molecular weight is 517 g/mol. The van der Waals surface area contributed by atoms with Gasteiger partial charge in [0, 0.05) is 41.4 Å². The van der Waals surface area contributed by atoms with Crippen molar-refractivity contribution >= 4 is 51.6 Å². The number of carbonyl (C=O) groups excluding carboxylic acids is 1. The Morgan fingerprint density at radius 1 is 1.03 bits per heavy atom. The van der Waals surface area contributed by atoms with Gasteiger partial charge in [0.05, 0.1) is 5.39 Å². The molecular weight excluding hydrogens is 491 g/mol. The van der Waals surface area contributed by atoms with E-state index in [-0.39, 0.29) is 17.6 Å². The summed E-state index contributed by atoms with van der Waals surface area (Å²) < 4.78 is 0. The Labute approximate surface area is 212 Å². The molecule has 9 nitrogen and oxygen atoms in total. The molecule has 1 aliphatic heterocycles. The van der Waals surface area contributed by atoms with Crippen molar-refractivity contribution in [3.05, 3.63) is 68.4 Å². The van der Waals surface area contributed by atoms with Gasteiger partial charge in [-0.05, 0) is 49.1 Å². The van der Waals surface area contributed by atoms with E-state index in [0.717, 1.165) is 23.8 Å². The molecule has 1 aliphatic rings. The first-order chi connectivity index (χ1) is 17.0. The Morgan fingerprint density at radius 3 is 2.57 bits per heavy atom. The third kappa shape index (κ3) is 6.94. The van der Waals surface area contributed by atoms with Crippen molar-refractivity contribution in [2.75, 3.05) is 18.4 Å². The lowest BCUT2D eigenvalue weighted by molar-refractivity contribution is -0.121. The lowest BCUT2D eigenvalue weighted by Crippen LogP contribution is -2.24. The fraction of sp³-hybridized carbons (Fsp3) is 0.333. The van der Waals surface area contributed by atoms with Gasteiger partial charge >= 0.3 is 0 Å². The zero-order valence-electron chi connectivity index (χ0n) is 18.9. The standard InChI is InChI=1S/C24H26Cl2N6O3/c25-16-12-15(13-17(26)14-16)22-29-21(35-32-22)9-5-8-20(33)27-10-3-4-11-28-23-18-6-1-2-7-19(18)24(34)31-30-23/h1-2,6-7,12-14,22,32H,3-5,8-11H2,(H,27,33)(H,28,30)(H,31,34). The summed E-state index contributed by atoms with van der Waals surface area (Å²) in [6.07, 6.45) is 2.87. The van der Waals surface area contributed by atoms with Crippen LogP contribution in [0.25, 0.3) is 10.8 Å². The fourth-order valence-electron chi connectivity index (χ4n) is 3.73. The van der Waals surface area contributed by atoms with E-state index < -0.39 is 0 Å². The second kappa shape index (κ2) is 12.0. The van der Waals surface area contributed by atoms with Crippen LogP contribution < -0.4 is 21.7 Å². The smallest absolute Gasteiger partial charge is 0.272 e. The Hall–Kier alpha value is -3.14. The molecule has 0 bridgehead atoms. The SMILES string of the molecule is O=C(CCCC1=NC(c2cc(Cl)cc(Cl)c2)NO1)NCCCCNc1n[nH]c(=O)c2ccccc12. The molecular formula is C24H26Cl2N6O3. The van der Waals surface area contributed by atoms with E-state index in [4.69, 9.17) is 28.0 Å². The van der Waals surface area contributed by atoms with Gasteiger partial charge in [-0.15, -0.1) is 5.48 Å². The highest BCUT2D eigenvalue weighted by Crippen LogP contribution is 2.26. The molecule has 0 fully saturated rings. The number of anilines is 1. The molecule has 0 aliphatic carbocycles. The van der Waals surface area contributed by atoms with Crippen molar-refractivity contribution in [3.8, 4) is 0 Å². The zero-order valence-corrected chi connectivity index (χ0v) is 20.5. The van der Waals surface area contributed by atoms with Crippen molar-refractivity contribution in [1.82, 2.24) is 21.0 Å². The molecule has 0 saturated heterocycles. The summed E-state index contributed by atoms with van der Waals surface area (Å²) >= 11 is 12.1. The first-order valence-corrected chi connectivity index (χ1v) is 12.2. The van der Waals surface area contributed by atoms with E-state index in [2.05, 4.69) is 31.3 Å². The van der Waals surface area contributed by atoms with Crippen LogP contribution in [0.15, 0.2) is 52.3 Å². The van der Waals surface area contributed by atoms with Crippen LogP contribution in [0.4, 0.5) is 5.82 Å². The minimum Gasteiger partial charge on any atom is -0.391 e. The van der Waals surface area contributed by atoms with Gasteiger partial charge in [0.2, 0.25) is 11.8 Å². The van der Waals surface area contributed by atoms with Crippen LogP contribution in [-0.2, 0) is 9.63 Å². The summed E-state index contributed by atoms with van der Waals surface area (Å²) in [4.78, 5) is 33.9. The Bertz CT molecular complexity index is 1260. The highest BCUT2D eigenvalue weighted by atomic mass is 35.5. The van der Waals surface area contributed by atoms with Gasteiger partial charge in [-0.3, -0.25) is 9.59 Å². The molecule has 4 N–H and O–H groups in total. The molecule has 1 unspecified atom stereocenters. The maximum absolute atomic E-state index is 12.1. The summed E-state index contributed by atoms with van der Waals surface area (Å²) in [6, 6.07) is 12.6. The molecule has 3 aromatic rings. The van der Waals surface area contributed by atoms with E-state index in [1.165, 1.54) is 0 Å². The van der Waals surface area contributed by atoms with E-state index in [0.29, 0.717) is 59.5 Å². The van der Waals surface area contributed by atoms with Gasteiger partial charge in [-0.2, -0.15) is 5.10 Å². The quantitative estimate of drug-likeness (QED) is 0.281. The van der Waals surface area contributed by atoms with Gasteiger partial charge in [-0.1, -0.05) is 41.4 Å². The van der Waals surface area contributed by atoms with E-state index in [9.17, 15) is 9.59 Å². The number of aliphatic imine (C=N–C) groups is 1. The molecule has 184 valence electrons. The summed E-state index contributed by atoms with van der Waals surface area (Å²) in [5, 5.41) is 15.2. The number of nitrogens with zero attached hydrogens (tertiary/aromatic N) is 2. The number of unbranched alkanes of at least 4 members (excludes halogenated alkanes) is 1. The predicted octanol–water partition coefficient (Wildman–Crippen LogP) is 4.34. The third-order valence-electron chi connectivity index (χ3n) is 5.47. The number of rotatable bonds is 11. The number of hydroxylamine groups is 1. The number of hydrogen-bond acceptors (Lipinski definition) is 7. The average Bonchev–Trinajstić information content (AvgIpc) is 3.31. The second-order valence-electron chi connectivity index (χ2n) is 8.13. The molecule has 1 amide bonds. The monoisotopic (exact) mass is 516 g/mol. The Balaban J connectivity index is 1.11. The predicted molar refractivity (Wildman–Crippen MR) is 138 cm³/mol. The summed E-state index contributed by atoms with van der Waals surface area (Å²) in [7, 11) is 0. The second-order valence-corrected chi connectivity index (χ2v) is 9.01. The largest absolute Gasteiger partial charge is 0.391 e. The number of fused-ring (bicyclic) bond motifs is 1. The van der Waals surface area contributed by atoms with Crippen LogP contribution in [0, 0.1) is 0 Å². The highest BCUT2D eigenvalue weighted by molar-refractivity contribution is 6.34.